The van der Waals surface area contributed by atoms with E-state index in [2.05, 4.69) is 16.0 Å². The molecule has 5 heteroatoms. The van der Waals surface area contributed by atoms with Crippen LogP contribution in [-0.2, 0) is 18.6 Å². The highest BCUT2D eigenvalue weighted by Gasteiger charge is 2.20. The lowest BCUT2D eigenvalue weighted by molar-refractivity contribution is 0.663. The largest absolute Gasteiger partial charge is 0.316 e. The van der Waals surface area contributed by atoms with Crippen LogP contribution in [0.4, 0.5) is 0 Å². The Balaban J connectivity index is 1.94. The van der Waals surface area contributed by atoms with Crippen molar-refractivity contribution in [3.63, 3.8) is 0 Å². The zero-order valence-corrected chi connectivity index (χ0v) is 12.4. The molecule has 0 amide bonds. The summed E-state index contributed by atoms with van der Waals surface area (Å²) >= 11 is 1.59. The molecule has 0 atom stereocenters. The summed E-state index contributed by atoms with van der Waals surface area (Å²) < 4.78 is 0. The molecule has 21 heavy (non-hydrogen) atoms. The Labute approximate surface area is 127 Å². The molecule has 2 aromatic rings. The van der Waals surface area contributed by atoms with Gasteiger partial charge in [-0.3, -0.25) is 9.78 Å². The summed E-state index contributed by atoms with van der Waals surface area (Å²) in [4.78, 5) is 19.2. The molecule has 106 valence electrons. The molecule has 0 spiro atoms. The Morgan fingerprint density at radius 1 is 1.29 bits per heavy atom. The molecule has 1 aliphatic rings. The molecule has 1 aliphatic carbocycles. The second kappa shape index (κ2) is 6.15. The average molecular weight is 297 g/mol. The molecule has 0 aliphatic heterocycles. The monoisotopic (exact) mass is 297 g/mol. The summed E-state index contributed by atoms with van der Waals surface area (Å²) in [7, 11) is 0. The molecule has 3 rings (SSSR count). The number of nitriles is 1. The summed E-state index contributed by atoms with van der Waals surface area (Å²) in [5.41, 5.74) is 3.13. The van der Waals surface area contributed by atoms with Crippen molar-refractivity contribution in [1.29, 1.82) is 5.26 Å². The number of pyridine rings is 2. The molecule has 0 radical (unpaired) electrons. The Bertz CT molecular complexity index is 747. The van der Waals surface area contributed by atoms with E-state index in [4.69, 9.17) is 0 Å². The van der Waals surface area contributed by atoms with Crippen LogP contribution in [0.15, 0.2) is 34.2 Å². The predicted molar refractivity (Wildman–Crippen MR) is 82.2 cm³/mol. The van der Waals surface area contributed by atoms with Gasteiger partial charge in [-0.25, -0.2) is 0 Å². The maximum atomic E-state index is 12.0. The zero-order chi connectivity index (χ0) is 14.7. The van der Waals surface area contributed by atoms with E-state index in [1.807, 2.05) is 18.2 Å². The first-order valence-electron chi connectivity index (χ1n) is 7.00. The van der Waals surface area contributed by atoms with Crippen molar-refractivity contribution in [2.75, 3.05) is 0 Å². The first-order chi connectivity index (χ1) is 10.3. The van der Waals surface area contributed by atoms with Gasteiger partial charge >= 0.3 is 0 Å². The minimum absolute atomic E-state index is 0.262. The molecule has 1 N–H and O–H groups in total. The van der Waals surface area contributed by atoms with Crippen molar-refractivity contribution in [2.24, 2.45) is 0 Å². The maximum Gasteiger partial charge on any atom is 0.267 e. The third kappa shape index (κ3) is 2.86. The van der Waals surface area contributed by atoms with E-state index in [9.17, 15) is 10.1 Å². The standard InChI is InChI=1S/C16H15N3OS/c17-9-14-12-6-1-2-7-13(12)16(19-15(14)20)21-10-11-5-3-4-8-18-11/h3-5,8H,1-2,6-7,10H2,(H,19,20). The first-order valence-corrected chi connectivity index (χ1v) is 7.99. The van der Waals surface area contributed by atoms with Gasteiger partial charge in [0.15, 0.2) is 0 Å². The molecule has 0 unspecified atom stereocenters. The number of H-pyrrole nitrogens is 1. The number of nitrogens with zero attached hydrogens (tertiary/aromatic N) is 2. The van der Waals surface area contributed by atoms with Crippen molar-refractivity contribution >= 4 is 11.8 Å². The lowest BCUT2D eigenvalue weighted by Gasteiger charge is -2.19. The van der Waals surface area contributed by atoms with Gasteiger partial charge in [-0.05, 0) is 48.9 Å². The number of nitrogens with one attached hydrogen (secondary N) is 1. The van der Waals surface area contributed by atoms with Crippen molar-refractivity contribution in [3.8, 4) is 6.07 Å². The lowest BCUT2D eigenvalue weighted by Crippen LogP contribution is -2.20. The van der Waals surface area contributed by atoms with Gasteiger partial charge in [-0.15, -0.1) is 11.8 Å². The quantitative estimate of drug-likeness (QED) is 0.884. The third-order valence-electron chi connectivity index (χ3n) is 3.70. The molecule has 0 fully saturated rings. The fraction of sp³-hybridized carbons (Fsp3) is 0.312. The van der Waals surface area contributed by atoms with Crippen LogP contribution >= 0.6 is 11.8 Å². The maximum absolute atomic E-state index is 12.0. The summed E-state index contributed by atoms with van der Waals surface area (Å²) in [5, 5.41) is 10.1. The molecule has 4 nitrogen and oxygen atoms in total. The Kier molecular flexibility index (Phi) is 4.07. The van der Waals surface area contributed by atoms with Crippen LogP contribution in [0.25, 0.3) is 0 Å². The number of aromatic amines is 1. The van der Waals surface area contributed by atoms with Crippen LogP contribution in [0.3, 0.4) is 0 Å². The van der Waals surface area contributed by atoms with Gasteiger partial charge in [0, 0.05) is 11.9 Å². The topological polar surface area (TPSA) is 69.5 Å². The summed E-state index contributed by atoms with van der Waals surface area (Å²) in [6.07, 6.45) is 5.70. The van der Waals surface area contributed by atoms with Crippen LogP contribution in [0.2, 0.25) is 0 Å². The fourth-order valence-corrected chi connectivity index (χ4v) is 3.71. The van der Waals surface area contributed by atoms with Crippen LogP contribution in [0.5, 0.6) is 0 Å². The Morgan fingerprint density at radius 3 is 2.81 bits per heavy atom. The first kappa shape index (κ1) is 13.9. The number of rotatable bonds is 3. The molecule has 0 aromatic carbocycles. The number of fused-ring (bicyclic) bond motifs is 1. The number of aromatic nitrogens is 2. The fourth-order valence-electron chi connectivity index (χ4n) is 2.68. The van der Waals surface area contributed by atoms with E-state index < -0.39 is 0 Å². The van der Waals surface area contributed by atoms with Gasteiger partial charge in [-0.2, -0.15) is 5.26 Å². The molecule has 0 saturated carbocycles. The predicted octanol–water partition coefficient (Wildman–Crippen LogP) is 2.81. The summed E-state index contributed by atoms with van der Waals surface area (Å²) in [6.45, 7) is 0. The summed E-state index contributed by atoms with van der Waals surface area (Å²) in [6, 6.07) is 7.88. The zero-order valence-electron chi connectivity index (χ0n) is 11.6. The number of hydrogen-bond donors (Lipinski definition) is 1. The minimum atomic E-state index is -0.262. The van der Waals surface area contributed by atoms with E-state index in [-0.39, 0.29) is 5.56 Å². The molecular weight excluding hydrogens is 282 g/mol. The highest BCUT2D eigenvalue weighted by molar-refractivity contribution is 7.98. The highest BCUT2D eigenvalue weighted by atomic mass is 32.2. The van der Waals surface area contributed by atoms with Gasteiger partial charge in [0.25, 0.3) is 5.56 Å². The van der Waals surface area contributed by atoms with Crippen molar-refractivity contribution in [1.82, 2.24) is 9.97 Å². The van der Waals surface area contributed by atoms with Crippen molar-refractivity contribution < 1.29 is 0 Å². The smallest absolute Gasteiger partial charge is 0.267 e. The Hall–Kier alpha value is -2.06. The third-order valence-corrected chi connectivity index (χ3v) is 4.78. The second-order valence-corrected chi connectivity index (χ2v) is 6.03. The lowest BCUT2D eigenvalue weighted by atomic mass is 9.90. The van der Waals surface area contributed by atoms with E-state index in [0.29, 0.717) is 5.56 Å². The number of hydrogen-bond acceptors (Lipinski definition) is 4. The second-order valence-electron chi connectivity index (χ2n) is 5.04. The van der Waals surface area contributed by atoms with Crippen molar-refractivity contribution in [3.05, 3.63) is 57.1 Å². The normalized spacial score (nSPS) is 13.5. The molecule has 2 aromatic heterocycles. The molecule has 0 saturated heterocycles. The van der Waals surface area contributed by atoms with Gasteiger partial charge in [-0.1, -0.05) is 6.07 Å². The average Bonchev–Trinajstić information content (AvgIpc) is 2.54. The van der Waals surface area contributed by atoms with Gasteiger partial charge in [0.1, 0.15) is 11.6 Å². The molecule has 2 heterocycles. The van der Waals surface area contributed by atoms with Crippen LogP contribution < -0.4 is 5.56 Å². The SMILES string of the molecule is N#Cc1c2c(c(SCc3ccccn3)[nH]c1=O)CCCC2. The highest BCUT2D eigenvalue weighted by Crippen LogP contribution is 2.31. The van der Waals surface area contributed by atoms with Gasteiger partial charge in [0.2, 0.25) is 0 Å². The Morgan fingerprint density at radius 2 is 2.10 bits per heavy atom. The van der Waals surface area contributed by atoms with Crippen LogP contribution in [0, 0.1) is 11.3 Å². The van der Waals surface area contributed by atoms with Gasteiger partial charge in [0.05, 0.1) is 10.7 Å². The van der Waals surface area contributed by atoms with Crippen molar-refractivity contribution in [2.45, 2.75) is 36.5 Å². The van der Waals surface area contributed by atoms with E-state index >= 15 is 0 Å². The van der Waals surface area contributed by atoms with E-state index in [1.54, 1.807) is 18.0 Å². The summed E-state index contributed by atoms with van der Waals surface area (Å²) in [5.74, 6) is 0.717. The van der Waals surface area contributed by atoms with Crippen LogP contribution in [0.1, 0.15) is 35.2 Å². The van der Waals surface area contributed by atoms with E-state index in [0.717, 1.165) is 53.3 Å². The minimum Gasteiger partial charge on any atom is -0.316 e. The number of thioether (sulfide) groups is 1. The molecular formula is C16H15N3OS. The van der Waals surface area contributed by atoms with Crippen LogP contribution in [-0.4, -0.2) is 9.97 Å². The van der Waals surface area contributed by atoms with E-state index in [1.165, 1.54) is 0 Å². The molecule has 0 bridgehead atoms. The van der Waals surface area contributed by atoms with Gasteiger partial charge < -0.3 is 4.98 Å².